The van der Waals surface area contributed by atoms with E-state index in [4.69, 9.17) is 10.5 Å². The van der Waals surface area contributed by atoms with Crippen molar-refractivity contribution in [3.63, 3.8) is 0 Å². The van der Waals surface area contributed by atoms with Crippen LogP contribution in [0.2, 0.25) is 0 Å². The van der Waals surface area contributed by atoms with Crippen LogP contribution < -0.4 is 15.8 Å². The summed E-state index contributed by atoms with van der Waals surface area (Å²) >= 11 is 0. The van der Waals surface area contributed by atoms with Crippen LogP contribution in [-0.4, -0.2) is 13.0 Å². The minimum Gasteiger partial charge on any atom is -0.496 e. The molecule has 0 saturated carbocycles. The van der Waals surface area contributed by atoms with Crippen molar-refractivity contribution in [3.8, 4) is 5.75 Å². The van der Waals surface area contributed by atoms with Crippen LogP contribution in [0.4, 0.5) is 5.69 Å². The molecule has 0 saturated heterocycles. The van der Waals surface area contributed by atoms with Gasteiger partial charge in [-0.15, -0.1) is 0 Å². The number of hydrogen-bond acceptors (Lipinski definition) is 3. The number of carbonyl (C=O) groups is 1. The fourth-order valence-corrected chi connectivity index (χ4v) is 2.14. The van der Waals surface area contributed by atoms with E-state index in [-0.39, 0.29) is 5.91 Å². The van der Waals surface area contributed by atoms with Crippen LogP contribution in [0.3, 0.4) is 0 Å². The third-order valence-electron chi connectivity index (χ3n) is 3.30. The van der Waals surface area contributed by atoms with Gasteiger partial charge in [-0.1, -0.05) is 24.3 Å². The third kappa shape index (κ3) is 4.07. The highest BCUT2D eigenvalue weighted by Gasteiger charge is 2.06. The maximum absolute atomic E-state index is 12.0. The van der Waals surface area contributed by atoms with Crippen molar-refractivity contribution < 1.29 is 9.53 Å². The van der Waals surface area contributed by atoms with Gasteiger partial charge in [0.2, 0.25) is 5.91 Å². The van der Waals surface area contributed by atoms with E-state index in [9.17, 15) is 4.79 Å². The second-order valence-corrected chi connectivity index (χ2v) is 4.93. The fourth-order valence-electron chi connectivity index (χ4n) is 2.14. The summed E-state index contributed by atoms with van der Waals surface area (Å²) in [6, 6.07) is 13.3. The molecule has 0 aliphatic carbocycles. The summed E-state index contributed by atoms with van der Waals surface area (Å²) in [7, 11) is 1.63. The summed E-state index contributed by atoms with van der Waals surface area (Å²) < 4.78 is 5.20. The van der Waals surface area contributed by atoms with Crippen LogP contribution in [0.5, 0.6) is 5.75 Å². The van der Waals surface area contributed by atoms with Crippen LogP contribution in [-0.2, 0) is 17.8 Å². The Hall–Kier alpha value is -2.33. The Labute approximate surface area is 124 Å². The smallest absolute Gasteiger partial charge is 0.228 e. The van der Waals surface area contributed by atoms with Gasteiger partial charge in [0.05, 0.1) is 13.5 Å². The Bertz CT molecular complexity index is 621. The monoisotopic (exact) mass is 284 g/mol. The number of benzene rings is 2. The van der Waals surface area contributed by atoms with Crippen molar-refractivity contribution in [2.24, 2.45) is 5.73 Å². The average molecular weight is 284 g/mol. The molecule has 0 fully saturated rings. The van der Waals surface area contributed by atoms with Gasteiger partial charge in [-0.3, -0.25) is 4.79 Å². The summed E-state index contributed by atoms with van der Waals surface area (Å²) in [5, 5.41) is 2.89. The van der Waals surface area contributed by atoms with E-state index in [0.717, 1.165) is 28.1 Å². The zero-order chi connectivity index (χ0) is 15.2. The zero-order valence-electron chi connectivity index (χ0n) is 12.3. The topological polar surface area (TPSA) is 64.3 Å². The molecule has 2 aromatic carbocycles. The molecule has 0 aliphatic rings. The van der Waals surface area contributed by atoms with Crippen molar-refractivity contribution >= 4 is 11.6 Å². The van der Waals surface area contributed by atoms with Gasteiger partial charge in [0, 0.05) is 12.2 Å². The van der Waals surface area contributed by atoms with Gasteiger partial charge in [0.25, 0.3) is 0 Å². The fraction of sp³-hybridized carbons (Fsp3) is 0.235. The van der Waals surface area contributed by atoms with Crippen molar-refractivity contribution in [3.05, 3.63) is 59.2 Å². The SMILES string of the molecule is COc1ccc(NC(=O)Cc2ccc(CN)cc2)cc1C. The maximum Gasteiger partial charge on any atom is 0.228 e. The first-order valence-corrected chi connectivity index (χ1v) is 6.84. The first kappa shape index (κ1) is 15.1. The lowest BCUT2D eigenvalue weighted by Gasteiger charge is -2.09. The van der Waals surface area contributed by atoms with Crippen LogP contribution in [0.15, 0.2) is 42.5 Å². The number of amides is 1. The van der Waals surface area contributed by atoms with Crippen molar-refractivity contribution in [2.75, 3.05) is 12.4 Å². The predicted molar refractivity (Wildman–Crippen MR) is 84.4 cm³/mol. The molecule has 21 heavy (non-hydrogen) atoms. The quantitative estimate of drug-likeness (QED) is 0.887. The van der Waals surface area contributed by atoms with Gasteiger partial charge in [-0.05, 0) is 41.8 Å². The van der Waals surface area contributed by atoms with E-state index in [1.807, 2.05) is 49.4 Å². The number of rotatable bonds is 5. The lowest BCUT2D eigenvalue weighted by molar-refractivity contribution is -0.115. The maximum atomic E-state index is 12.0. The normalized spacial score (nSPS) is 10.2. The molecular weight excluding hydrogens is 264 g/mol. The minimum atomic E-state index is -0.0416. The molecule has 0 bridgehead atoms. The van der Waals surface area contributed by atoms with E-state index in [2.05, 4.69) is 5.32 Å². The number of anilines is 1. The Morgan fingerprint density at radius 1 is 1.14 bits per heavy atom. The van der Waals surface area contributed by atoms with Gasteiger partial charge in [0.15, 0.2) is 0 Å². The Kier molecular flexibility index (Phi) is 4.95. The second-order valence-electron chi connectivity index (χ2n) is 4.93. The highest BCUT2D eigenvalue weighted by atomic mass is 16.5. The van der Waals surface area contributed by atoms with Crippen LogP contribution in [0, 0.1) is 6.92 Å². The first-order chi connectivity index (χ1) is 10.1. The number of nitrogens with two attached hydrogens (primary N) is 1. The molecule has 110 valence electrons. The summed E-state index contributed by atoms with van der Waals surface area (Å²) in [6.45, 7) is 2.46. The largest absolute Gasteiger partial charge is 0.496 e. The molecule has 0 aliphatic heterocycles. The number of ether oxygens (including phenoxy) is 1. The van der Waals surface area contributed by atoms with E-state index >= 15 is 0 Å². The highest BCUT2D eigenvalue weighted by molar-refractivity contribution is 5.92. The molecule has 3 N–H and O–H groups in total. The molecule has 0 spiro atoms. The van der Waals surface area contributed by atoms with Crippen LogP contribution in [0.25, 0.3) is 0 Å². The lowest BCUT2D eigenvalue weighted by atomic mass is 10.1. The van der Waals surface area contributed by atoms with Crippen LogP contribution in [0.1, 0.15) is 16.7 Å². The number of carbonyl (C=O) groups excluding carboxylic acids is 1. The summed E-state index contributed by atoms with van der Waals surface area (Å²) in [5.41, 5.74) is 9.34. The van der Waals surface area contributed by atoms with Crippen LogP contribution >= 0.6 is 0 Å². The van der Waals surface area contributed by atoms with Gasteiger partial charge >= 0.3 is 0 Å². The summed E-state index contributed by atoms with van der Waals surface area (Å²) in [5.74, 6) is 0.769. The van der Waals surface area contributed by atoms with E-state index in [1.54, 1.807) is 7.11 Å². The highest BCUT2D eigenvalue weighted by Crippen LogP contribution is 2.21. The second kappa shape index (κ2) is 6.90. The molecule has 0 atom stereocenters. The Morgan fingerprint density at radius 2 is 1.81 bits per heavy atom. The molecule has 0 unspecified atom stereocenters. The van der Waals surface area contributed by atoms with Crippen molar-refractivity contribution in [1.29, 1.82) is 0 Å². The standard InChI is InChI=1S/C17H20N2O2/c1-12-9-15(7-8-16(12)21-2)19-17(20)10-13-3-5-14(11-18)6-4-13/h3-9H,10-11,18H2,1-2H3,(H,19,20). The van der Waals surface area contributed by atoms with Gasteiger partial charge in [-0.2, -0.15) is 0 Å². The molecule has 2 aromatic rings. The van der Waals surface area contributed by atoms with E-state index < -0.39 is 0 Å². The number of methoxy groups -OCH3 is 1. The Balaban J connectivity index is 1.99. The molecule has 1 amide bonds. The molecule has 2 rings (SSSR count). The molecule has 4 nitrogen and oxygen atoms in total. The molecule has 0 aromatic heterocycles. The predicted octanol–water partition coefficient (Wildman–Crippen LogP) is 2.64. The summed E-state index contributed by atoms with van der Waals surface area (Å²) in [4.78, 5) is 12.0. The number of nitrogens with one attached hydrogen (secondary N) is 1. The number of hydrogen-bond donors (Lipinski definition) is 2. The van der Waals surface area contributed by atoms with E-state index in [0.29, 0.717) is 13.0 Å². The van der Waals surface area contributed by atoms with Gasteiger partial charge in [-0.25, -0.2) is 0 Å². The minimum absolute atomic E-state index is 0.0416. The first-order valence-electron chi connectivity index (χ1n) is 6.84. The lowest BCUT2D eigenvalue weighted by Crippen LogP contribution is -2.14. The molecule has 0 radical (unpaired) electrons. The molecule has 4 heteroatoms. The van der Waals surface area contributed by atoms with Crippen molar-refractivity contribution in [1.82, 2.24) is 0 Å². The van der Waals surface area contributed by atoms with Gasteiger partial charge in [0.1, 0.15) is 5.75 Å². The van der Waals surface area contributed by atoms with Gasteiger partial charge < -0.3 is 15.8 Å². The van der Waals surface area contributed by atoms with E-state index in [1.165, 1.54) is 0 Å². The zero-order valence-corrected chi connectivity index (χ0v) is 12.3. The van der Waals surface area contributed by atoms with Crippen molar-refractivity contribution in [2.45, 2.75) is 19.9 Å². The summed E-state index contributed by atoms with van der Waals surface area (Å²) in [6.07, 6.45) is 0.343. The average Bonchev–Trinajstić information content (AvgIpc) is 2.48. The Morgan fingerprint density at radius 3 is 2.38 bits per heavy atom. The molecular formula is C17H20N2O2. The molecule has 0 heterocycles. The number of aryl methyl sites for hydroxylation is 1. The third-order valence-corrected chi connectivity index (χ3v) is 3.30.